The summed E-state index contributed by atoms with van der Waals surface area (Å²) in [6.45, 7) is 5.97. The Morgan fingerprint density at radius 1 is 1.16 bits per heavy atom. The topological polar surface area (TPSA) is 39.1 Å². The maximum absolute atomic E-state index is 9.68. The monoisotopic (exact) mass is 261 g/mol. The Labute approximate surface area is 117 Å². The molecule has 19 heavy (non-hydrogen) atoms. The Bertz CT molecular complexity index is 380. The minimum atomic E-state index is -0.233. The molecule has 2 saturated carbocycles. The van der Waals surface area contributed by atoms with Gasteiger partial charge in [0.25, 0.3) is 0 Å². The lowest BCUT2D eigenvalue weighted by Gasteiger charge is -2.45. The van der Waals surface area contributed by atoms with Crippen molar-refractivity contribution < 1.29 is 0 Å². The molecule has 0 aromatic rings. The first-order valence-electron chi connectivity index (χ1n) is 8.00. The number of hydrogen-bond acceptors (Lipinski definition) is 3. The molecule has 2 atom stereocenters. The molecule has 1 N–H and O–H groups in total. The minimum absolute atomic E-state index is 0.233. The zero-order valence-corrected chi connectivity index (χ0v) is 12.4. The van der Waals surface area contributed by atoms with Crippen LogP contribution in [0.15, 0.2) is 0 Å². The third-order valence-electron chi connectivity index (χ3n) is 5.40. The van der Waals surface area contributed by atoms with Crippen molar-refractivity contribution in [2.75, 3.05) is 6.54 Å². The van der Waals surface area contributed by atoms with Gasteiger partial charge in [-0.3, -0.25) is 10.2 Å². The molecule has 0 aromatic carbocycles. The van der Waals surface area contributed by atoms with E-state index < -0.39 is 0 Å². The first-order chi connectivity index (χ1) is 9.05. The van der Waals surface area contributed by atoms with Crippen LogP contribution in [0.25, 0.3) is 0 Å². The highest BCUT2D eigenvalue weighted by molar-refractivity contribution is 5.14. The molecule has 1 heterocycles. The average Bonchev–Trinajstić information content (AvgIpc) is 3.11. The van der Waals surface area contributed by atoms with E-state index in [-0.39, 0.29) is 5.54 Å². The third-order valence-corrected chi connectivity index (χ3v) is 5.40. The highest BCUT2D eigenvalue weighted by Crippen LogP contribution is 2.39. The summed E-state index contributed by atoms with van der Waals surface area (Å²) in [5, 5.41) is 13.3. The Kier molecular flexibility index (Phi) is 3.35. The van der Waals surface area contributed by atoms with Crippen LogP contribution in [0.1, 0.15) is 65.2 Å². The molecular formula is C16H27N3. The first kappa shape index (κ1) is 13.4. The van der Waals surface area contributed by atoms with Crippen molar-refractivity contribution in [3.8, 4) is 6.07 Å². The normalized spacial score (nSPS) is 39.1. The van der Waals surface area contributed by atoms with E-state index in [1.165, 1.54) is 45.1 Å². The Morgan fingerprint density at radius 3 is 2.53 bits per heavy atom. The summed E-state index contributed by atoms with van der Waals surface area (Å²) < 4.78 is 0. The molecule has 0 bridgehead atoms. The zero-order valence-electron chi connectivity index (χ0n) is 12.4. The van der Waals surface area contributed by atoms with Gasteiger partial charge >= 0.3 is 0 Å². The van der Waals surface area contributed by atoms with E-state index in [0.717, 1.165) is 12.8 Å². The molecule has 106 valence electrons. The van der Waals surface area contributed by atoms with E-state index in [9.17, 15) is 5.26 Å². The SMILES string of the molecule is CC1(C)CCCN1C1CCCC(C#N)(NC2CC2)C1. The minimum Gasteiger partial charge on any atom is -0.297 e. The van der Waals surface area contributed by atoms with Crippen LogP contribution in [0, 0.1) is 11.3 Å². The van der Waals surface area contributed by atoms with Crippen LogP contribution in [-0.4, -0.2) is 34.6 Å². The van der Waals surface area contributed by atoms with Crippen LogP contribution in [-0.2, 0) is 0 Å². The Hall–Kier alpha value is -0.590. The van der Waals surface area contributed by atoms with Gasteiger partial charge in [-0.1, -0.05) is 0 Å². The Balaban J connectivity index is 1.71. The van der Waals surface area contributed by atoms with Gasteiger partial charge in [0.2, 0.25) is 0 Å². The predicted octanol–water partition coefficient (Wildman–Crippen LogP) is 2.82. The molecule has 0 radical (unpaired) electrons. The smallest absolute Gasteiger partial charge is 0.108 e. The maximum Gasteiger partial charge on any atom is 0.108 e. The van der Waals surface area contributed by atoms with E-state index in [2.05, 4.69) is 30.1 Å². The van der Waals surface area contributed by atoms with Gasteiger partial charge in [0, 0.05) is 17.6 Å². The fourth-order valence-corrected chi connectivity index (χ4v) is 4.20. The number of likely N-dealkylation sites (tertiary alicyclic amines) is 1. The summed E-state index contributed by atoms with van der Waals surface area (Å²) in [6.07, 6.45) is 9.71. The van der Waals surface area contributed by atoms with Gasteiger partial charge in [0.05, 0.1) is 6.07 Å². The quantitative estimate of drug-likeness (QED) is 0.849. The van der Waals surface area contributed by atoms with Crippen molar-refractivity contribution in [3.63, 3.8) is 0 Å². The lowest BCUT2D eigenvalue weighted by atomic mass is 9.78. The first-order valence-corrected chi connectivity index (χ1v) is 8.00. The zero-order chi connectivity index (χ0) is 13.5. The number of nitriles is 1. The number of nitrogens with one attached hydrogen (secondary N) is 1. The van der Waals surface area contributed by atoms with Crippen molar-refractivity contribution in [2.45, 2.75) is 88.4 Å². The summed E-state index contributed by atoms with van der Waals surface area (Å²) >= 11 is 0. The highest BCUT2D eigenvalue weighted by atomic mass is 15.2. The van der Waals surface area contributed by atoms with E-state index >= 15 is 0 Å². The molecule has 1 aliphatic heterocycles. The maximum atomic E-state index is 9.68. The number of hydrogen-bond donors (Lipinski definition) is 1. The van der Waals surface area contributed by atoms with Crippen molar-refractivity contribution in [2.24, 2.45) is 0 Å². The summed E-state index contributed by atoms with van der Waals surface area (Å²) in [5.74, 6) is 0. The molecular weight excluding hydrogens is 234 g/mol. The van der Waals surface area contributed by atoms with Gasteiger partial charge in [-0.25, -0.2) is 0 Å². The molecule has 2 aliphatic carbocycles. The molecule has 1 saturated heterocycles. The fourth-order valence-electron chi connectivity index (χ4n) is 4.20. The Morgan fingerprint density at radius 2 is 1.95 bits per heavy atom. The molecule has 0 spiro atoms. The van der Waals surface area contributed by atoms with Crippen LogP contribution in [0.4, 0.5) is 0 Å². The third kappa shape index (κ3) is 2.66. The van der Waals surface area contributed by atoms with E-state index in [1.54, 1.807) is 0 Å². The number of nitrogens with zero attached hydrogens (tertiary/aromatic N) is 2. The van der Waals surface area contributed by atoms with Gasteiger partial charge in [0.1, 0.15) is 5.54 Å². The largest absolute Gasteiger partial charge is 0.297 e. The summed E-state index contributed by atoms with van der Waals surface area (Å²) in [7, 11) is 0. The van der Waals surface area contributed by atoms with Gasteiger partial charge in [-0.05, 0) is 71.8 Å². The molecule has 3 nitrogen and oxygen atoms in total. The van der Waals surface area contributed by atoms with E-state index in [0.29, 0.717) is 17.6 Å². The molecule has 0 amide bonds. The van der Waals surface area contributed by atoms with Crippen LogP contribution >= 0.6 is 0 Å². The predicted molar refractivity (Wildman–Crippen MR) is 76.8 cm³/mol. The van der Waals surface area contributed by atoms with Gasteiger partial charge in [-0.2, -0.15) is 5.26 Å². The highest BCUT2D eigenvalue weighted by Gasteiger charge is 2.45. The van der Waals surface area contributed by atoms with E-state index in [4.69, 9.17) is 0 Å². The van der Waals surface area contributed by atoms with Gasteiger partial charge < -0.3 is 0 Å². The lowest BCUT2D eigenvalue weighted by Crippen LogP contribution is -2.56. The lowest BCUT2D eigenvalue weighted by molar-refractivity contribution is 0.0671. The second kappa shape index (κ2) is 4.75. The second-order valence-corrected chi connectivity index (χ2v) is 7.47. The second-order valence-electron chi connectivity index (χ2n) is 7.47. The molecule has 3 heteroatoms. The molecule has 3 aliphatic rings. The summed E-state index contributed by atoms with van der Waals surface area (Å²) in [5.41, 5.74) is 0.103. The van der Waals surface area contributed by atoms with Crippen LogP contribution in [0.3, 0.4) is 0 Å². The summed E-state index contributed by atoms with van der Waals surface area (Å²) in [6, 6.07) is 3.87. The van der Waals surface area contributed by atoms with Crippen LogP contribution in [0.5, 0.6) is 0 Å². The van der Waals surface area contributed by atoms with Gasteiger partial charge in [-0.15, -0.1) is 0 Å². The average molecular weight is 261 g/mol. The fraction of sp³-hybridized carbons (Fsp3) is 0.938. The molecule has 0 aromatic heterocycles. The molecule has 3 fully saturated rings. The van der Waals surface area contributed by atoms with E-state index in [1.807, 2.05) is 0 Å². The van der Waals surface area contributed by atoms with Crippen molar-refractivity contribution in [1.29, 1.82) is 5.26 Å². The van der Waals surface area contributed by atoms with Crippen molar-refractivity contribution in [3.05, 3.63) is 0 Å². The molecule has 3 rings (SSSR count). The number of rotatable bonds is 3. The van der Waals surface area contributed by atoms with Crippen LogP contribution in [0.2, 0.25) is 0 Å². The molecule has 2 unspecified atom stereocenters. The van der Waals surface area contributed by atoms with Crippen molar-refractivity contribution in [1.82, 2.24) is 10.2 Å². The van der Waals surface area contributed by atoms with Gasteiger partial charge in [0.15, 0.2) is 0 Å². The standard InChI is InChI=1S/C16H27N3/c1-15(2)8-4-10-19(15)14-5-3-9-16(11-14,12-17)18-13-6-7-13/h13-14,18H,3-11H2,1-2H3. The summed E-state index contributed by atoms with van der Waals surface area (Å²) in [4.78, 5) is 2.69. The van der Waals surface area contributed by atoms with Crippen LogP contribution < -0.4 is 5.32 Å². The van der Waals surface area contributed by atoms with Crippen molar-refractivity contribution >= 4 is 0 Å².